The maximum absolute atomic E-state index is 12.5. The summed E-state index contributed by atoms with van der Waals surface area (Å²) < 4.78 is 15.3. The molecule has 24 heavy (non-hydrogen) atoms. The molecule has 0 saturated heterocycles. The molecule has 0 fully saturated rings. The van der Waals surface area contributed by atoms with Gasteiger partial charge in [0.2, 0.25) is 0 Å². The van der Waals surface area contributed by atoms with Gasteiger partial charge in [0.1, 0.15) is 4.75 Å². The number of anilines is 1. The molecule has 0 saturated carbocycles. The van der Waals surface area contributed by atoms with E-state index in [1.54, 1.807) is 6.20 Å². The van der Waals surface area contributed by atoms with E-state index in [1.165, 1.54) is 0 Å². The van der Waals surface area contributed by atoms with Crippen molar-refractivity contribution in [1.82, 2.24) is 9.71 Å². The number of aromatic nitrogens is 1. The first-order valence-corrected chi connectivity index (χ1v) is 9.07. The van der Waals surface area contributed by atoms with Crippen molar-refractivity contribution in [2.24, 2.45) is 0 Å². The van der Waals surface area contributed by atoms with E-state index in [1.807, 2.05) is 63.2 Å². The van der Waals surface area contributed by atoms with Crippen LogP contribution in [0.4, 0.5) is 5.69 Å². The van der Waals surface area contributed by atoms with Crippen molar-refractivity contribution in [3.8, 4) is 11.1 Å². The SMILES string of the molecule is C=CC[C@H](N[S@@+]([O-])C(C)(C)C)c1cc(-c2ccccc2N)ccn1. The number of hydrogen-bond donors (Lipinski definition) is 2. The zero-order valence-corrected chi connectivity index (χ0v) is 15.3. The minimum Gasteiger partial charge on any atom is -0.598 e. The lowest BCUT2D eigenvalue weighted by Crippen LogP contribution is -2.41. The molecule has 0 radical (unpaired) electrons. The minimum atomic E-state index is -1.19. The second kappa shape index (κ2) is 7.83. The summed E-state index contributed by atoms with van der Waals surface area (Å²) in [6, 6.07) is 11.5. The molecule has 5 heteroatoms. The van der Waals surface area contributed by atoms with Crippen LogP contribution >= 0.6 is 0 Å². The van der Waals surface area contributed by atoms with Crippen LogP contribution in [0.15, 0.2) is 55.3 Å². The highest BCUT2D eigenvalue weighted by atomic mass is 32.2. The quantitative estimate of drug-likeness (QED) is 0.472. The number of nitrogen functional groups attached to an aromatic ring is 1. The molecular formula is C19H25N3OS. The predicted octanol–water partition coefficient (Wildman–Crippen LogP) is 4.00. The second-order valence-electron chi connectivity index (χ2n) is 6.63. The molecule has 2 atom stereocenters. The summed E-state index contributed by atoms with van der Waals surface area (Å²) in [4.78, 5) is 4.46. The molecule has 0 amide bonds. The smallest absolute Gasteiger partial charge is 0.136 e. The Kier molecular flexibility index (Phi) is 6.04. The van der Waals surface area contributed by atoms with Gasteiger partial charge in [0.25, 0.3) is 0 Å². The average molecular weight is 343 g/mol. The molecule has 4 nitrogen and oxygen atoms in total. The summed E-state index contributed by atoms with van der Waals surface area (Å²) in [5.74, 6) is 0. The molecule has 1 heterocycles. The van der Waals surface area contributed by atoms with Crippen LogP contribution < -0.4 is 10.5 Å². The molecule has 0 aliphatic carbocycles. The Morgan fingerprint density at radius 1 is 1.33 bits per heavy atom. The van der Waals surface area contributed by atoms with Crippen LogP contribution in [0.25, 0.3) is 11.1 Å². The van der Waals surface area contributed by atoms with Crippen molar-refractivity contribution >= 4 is 17.0 Å². The minimum absolute atomic E-state index is 0.160. The summed E-state index contributed by atoms with van der Waals surface area (Å²) >= 11 is -1.19. The number of nitrogens with two attached hydrogens (primary N) is 1. The number of hydrogen-bond acceptors (Lipinski definition) is 4. The van der Waals surface area contributed by atoms with Gasteiger partial charge in [0.15, 0.2) is 0 Å². The largest absolute Gasteiger partial charge is 0.598 e. The Bertz CT molecular complexity index is 697. The highest BCUT2D eigenvalue weighted by Crippen LogP contribution is 2.28. The highest BCUT2D eigenvalue weighted by Gasteiger charge is 2.30. The summed E-state index contributed by atoms with van der Waals surface area (Å²) in [6.07, 6.45) is 4.21. The molecule has 0 aliphatic rings. The number of para-hydroxylation sites is 1. The Hall–Kier alpha value is -1.82. The van der Waals surface area contributed by atoms with Crippen LogP contribution in [0.1, 0.15) is 38.9 Å². The third-order valence-electron chi connectivity index (χ3n) is 3.62. The van der Waals surface area contributed by atoms with E-state index in [4.69, 9.17) is 5.73 Å². The molecule has 0 bridgehead atoms. The molecule has 3 N–H and O–H groups in total. The zero-order valence-electron chi connectivity index (χ0n) is 14.5. The van der Waals surface area contributed by atoms with Gasteiger partial charge in [0.05, 0.1) is 11.7 Å². The van der Waals surface area contributed by atoms with Gasteiger partial charge in [0, 0.05) is 28.8 Å². The molecule has 128 valence electrons. The monoisotopic (exact) mass is 343 g/mol. The van der Waals surface area contributed by atoms with E-state index < -0.39 is 11.4 Å². The number of nitrogens with zero attached hydrogens (tertiary/aromatic N) is 1. The van der Waals surface area contributed by atoms with Crippen LogP contribution in [-0.4, -0.2) is 14.3 Å². The fraction of sp³-hybridized carbons (Fsp3) is 0.316. The van der Waals surface area contributed by atoms with E-state index in [2.05, 4.69) is 16.3 Å². The zero-order chi connectivity index (χ0) is 17.7. The molecule has 0 unspecified atom stereocenters. The lowest BCUT2D eigenvalue weighted by molar-refractivity contribution is 0.521. The molecule has 1 aromatic carbocycles. The van der Waals surface area contributed by atoms with Crippen LogP contribution in [0.3, 0.4) is 0 Å². The van der Waals surface area contributed by atoms with Gasteiger partial charge in [-0.1, -0.05) is 24.3 Å². The molecular weight excluding hydrogens is 318 g/mol. The third kappa shape index (κ3) is 4.60. The molecule has 2 aromatic rings. The van der Waals surface area contributed by atoms with E-state index in [-0.39, 0.29) is 10.8 Å². The van der Waals surface area contributed by atoms with Gasteiger partial charge in [-0.2, -0.15) is 0 Å². The van der Waals surface area contributed by atoms with Gasteiger partial charge in [-0.3, -0.25) is 4.98 Å². The molecule has 0 aliphatic heterocycles. The maximum Gasteiger partial charge on any atom is 0.136 e. The number of pyridine rings is 1. The lowest BCUT2D eigenvalue weighted by Gasteiger charge is -2.27. The Balaban J connectivity index is 2.33. The Morgan fingerprint density at radius 3 is 2.67 bits per heavy atom. The number of benzene rings is 1. The van der Waals surface area contributed by atoms with Gasteiger partial charge in [-0.15, -0.1) is 11.3 Å². The maximum atomic E-state index is 12.5. The summed E-state index contributed by atoms with van der Waals surface area (Å²) in [5, 5.41) is 0. The van der Waals surface area contributed by atoms with Crippen molar-refractivity contribution in [1.29, 1.82) is 0 Å². The first-order valence-electron chi connectivity index (χ1n) is 7.92. The third-order valence-corrected chi connectivity index (χ3v) is 5.23. The van der Waals surface area contributed by atoms with Crippen molar-refractivity contribution in [3.05, 3.63) is 60.9 Å². The summed E-state index contributed by atoms with van der Waals surface area (Å²) in [5.41, 5.74) is 9.59. The van der Waals surface area contributed by atoms with Gasteiger partial charge in [-0.05, 0) is 51.0 Å². The van der Waals surface area contributed by atoms with E-state index in [0.717, 1.165) is 22.5 Å². The van der Waals surface area contributed by atoms with Gasteiger partial charge >= 0.3 is 0 Å². The van der Waals surface area contributed by atoms with Crippen LogP contribution in [0.5, 0.6) is 0 Å². The molecule has 2 rings (SSSR count). The van der Waals surface area contributed by atoms with Crippen molar-refractivity contribution in [3.63, 3.8) is 0 Å². The van der Waals surface area contributed by atoms with Crippen molar-refractivity contribution < 1.29 is 4.55 Å². The fourth-order valence-corrected chi connectivity index (χ4v) is 3.10. The number of rotatable bonds is 6. The van der Waals surface area contributed by atoms with Crippen LogP contribution in [0.2, 0.25) is 0 Å². The lowest BCUT2D eigenvalue weighted by atomic mass is 10.0. The van der Waals surface area contributed by atoms with E-state index in [9.17, 15) is 4.55 Å². The summed E-state index contributed by atoms with van der Waals surface area (Å²) in [7, 11) is 0. The summed E-state index contributed by atoms with van der Waals surface area (Å²) in [6.45, 7) is 9.62. The fourth-order valence-electron chi connectivity index (χ4n) is 2.27. The Labute approximate surface area is 147 Å². The normalized spacial score (nSPS) is 14.2. The standard InChI is InChI=1S/C19H25N3OS/c1-5-8-17(22-24(23)19(2,3)4)18-13-14(11-12-21-18)15-9-6-7-10-16(15)20/h5-7,9-13,17,22H,1,8,20H2,2-4H3/t17-,24-/m0/s1. The topological polar surface area (TPSA) is 74.0 Å². The van der Waals surface area contributed by atoms with Crippen LogP contribution in [-0.2, 0) is 11.4 Å². The average Bonchev–Trinajstić information content (AvgIpc) is 2.54. The second-order valence-corrected chi connectivity index (χ2v) is 8.63. The Morgan fingerprint density at radius 2 is 2.04 bits per heavy atom. The van der Waals surface area contributed by atoms with E-state index >= 15 is 0 Å². The first-order chi connectivity index (χ1) is 11.3. The molecule has 1 aromatic heterocycles. The van der Waals surface area contributed by atoms with Crippen molar-refractivity contribution in [2.45, 2.75) is 38.0 Å². The van der Waals surface area contributed by atoms with Gasteiger partial charge < -0.3 is 10.3 Å². The van der Waals surface area contributed by atoms with E-state index in [0.29, 0.717) is 6.42 Å². The number of nitrogens with one attached hydrogen (secondary N) is 1. The van der Waals surface area contributed by atoms with Gasteiger partial charge in [-0.25, -0.2) is 0 Å². The van der Waals surface area contributed by atoms with Crippen molar-refractivity contribution in [2.75, 3.05) is 5.73 Å². The van der Waals surface area contributed by atoms with Crippen LogP contribution in [0, 0.1) is 0 Å². The first kappa shape index (κ1) is 18.5. The predicted molar refractivity (Wildman–Crippen MR) is 103 cm³/mol. The molecule has 0 spiro atoms. The highest BCUT2D eigenvalue weighted by molar-refractivity contribution is 7.90.